The second-order valence-corrected chi connectivity index (χ2v) is 8.60. The van der Waals surface area contributed by atoms with E-state index in [1.165, 1.54) is 21.6 Å². The van der Waals surface area contributed by atoms with Crippen molar-refractivity contribution in [2.45, 2.75) is 37.9 Å². The van der Waals surface area contributed by atoms with Gasteiger partial charge in [-0.1, -0.05) is 36.4 Å². The average Bonchev–Trinajstić information content (AvgIpc) is 3.58. The summed E-state index contributed by atoms with van der Waals surface area (Å²) in [6, 6.07) is 17.4. The van der Waals surface area contributed by atoms with Crippen molar-refractivity contribution in [3.63, 3.8) is 0 Å². The van der Waals surface area contributed by atoms with Crippen molar-refractivity contribution in [2.24, 2.45) is 0 Å². The fourth-order valence-electron chi connectivity index (χ4n) is 4.16. The molecule has 0 aromatic heterocycles. The Morgan fingerprint density at radius 1 is 1.03 bits per heavy atom. The number of rotatable bonds is 6. The van der Waals surface area contributed by atoms with Crippen LogP contribution in [0.1, 0.15) is 35.6 Å². The van der Waals surface area contributed by atoms with Gasteiger partial charge in [0.2, 0.25) is 0 Å². The number of nitrogens with zero attached hydrogens (tertiary/aromatic N) is 1. The van der Waals surface area contributed by atoms with Crippen LogP contribution in [0.25, 0.3) is 0 Å². The molecule has 6 heteroatoms. The lowest BCUT2D eigenvalue weighted by atomic mass is 9.96. The summed E-state index contributed by atoms with van der Waals surface area (Å²) in [6.07, 6.45) is 2.96. The number of hydrogen-bond acceptors (Lipinski definition) is 3. The summed E-state index contributed by atoms with van der Waals surface area (Å²) in [4.78, 5) is 27.9. The number of benzene rings is 2. The maximum atomic E-state index is 12.3. The van der Waals surface area contributed by atoms with E-state index >= 15 is 0 Å². The zero-order valence-corrected chi connectivity index (χ0v) is 17.8. The van der Waals surface area contributed by atoms with Crippen LogP contribution in [0.3, 0.4) is 0 Å². The quantitative estimate of drug-likeness (QED) is 0.622. The SMILES string of the molecule is CN(C)c1ccc([C@H](CNC(=O)C(=O)NC2CC2)[NH+]2CCc3ccccc3C2)cc1. The normalized spacial score (nSPS) is 18.8. The van der Waals surface area contributed by atoms with Gasteiger partial charge in [0.1, 0.15) is 12.6 Å². The smallest absolute Gasteiger partial charge is 0.309 e. The third-order valence-corrected chi connectivity index (χ3v) is 6.14. The van der Waals surface area contributed by atoms with E-state index in [9.17, 15) is 9.59 Å². The summed E-state index contributed by atoms with van der Waals surface area (Å²) in [5, 5.41) is 5.66. The number of amides is 2. The summed E-state index contributed by atoms with van der Waals surface area (Å²) in [7, 11) is 4.05. The van der Waals surface area contributed by atoms with Gasteiger partial charge in [-0.2, -0.15) is 0 Å². The summed E-state index contributed by atoms with van der Waals surface area (Å²) in [5.41, 5.74) is 5.10. The van der Waals surface area contributed by atoms with Gasteiger partial charge in [0.05, 0.1) is 13.1 Å². The Kier molecular flexibility index (Phi) is 6.04. The van der Waals surface area contributed by atoms with E-state index in [4.69, 9.17) is 0 Å². The van der Waals surface area contributed by atoms with E-state index in [0.29, 0.717) is 6.54 Å². The van der Waals surface area contributed by atoms with E-state index < -0.39 is 11.8 Å². The molecule has 1 fully saturated rings. The third kappa shape index (κ3) is 4.82. The van der Waals surface area contributed by atoms with Crippen LogP contribution in [-0.2, 0) is 22.6 Å². The van der Waals surface area contributed by atoms with Gasteiger partial charge in [-0.25, -0.2) is 0 Å². The number of carbonyl (C=O) groups excluding carboxylic acids is 2. The molecule has 2 aromatic rings. The molecule has 3 N–H and O–H groups in total. The van der Waals surface area contributed by atoms with E-state index in [1.54, 1.807) is 0 Å². The molecule has 2 aromatic carbocycles. The average molecular weight is 408 g/mol. The van der Waals surface area contributed by atoms with Gasteiger partial charge >= 0.3 is 11.8 Å². The highest BCUT2D eigenvalue weighted by Crippen LogP contribution is 2.19. The van der Waals surface area contributed by atoms with Crippen LogP contribution in [0.4, 0.5) is 5.69 Å². The molecule has 158 valence electrons. The second kappa shape index (κ2) is 8.88. The summed E-state index contributed by atoms with van der Waals surface area (Å²) >= 11 is 0. The third-order valence-electron chi connectivity index (χ3n) is 6.14. The molecule has 1 aliphatic heterocycles. The van der Waals surface area contributed by atoms with Crippen LogP contribution in [0, 0.1) is 0 Å². The van der Waals surface area contributed by atoms with Gasteiger partial charge in [0.15, 0.2) is 0 Å². The molecule has 4 rings (SSSR count). The van der Waals surface area contributed by atoms with Crippen molar-refractivity contribution >= 4 is 17.5 Å². The van der Waals surface area contributed by atoms with Crippen LogP contribution < -0.4 is 20.4 Å². The zero-order chi connectivity index (χ0) is 21.1. The molecule has 2 amide bonds. The van der Waals surface area contributed by atoms with Crippen molar-refractivity contribution < 1.29 is 14.5 Å². The summed E-state index contributed by atoms with van der Waals surface area (Å²) in [6.45, 7) is 2.36. The Labute approximate surface area is 178 Å². The first kappa shape index (κ1) is 20.4. The highest BCUT2D eigenvalue weighted by Gasteiger charge is 2.31. The van der Waals surface area contributed by atoms with Gasteiger partial charge < -0.3 is 20.4 Å². The lowest BCUT2D eigenvalue weighted by molar-refractivity contribution is -0.945. The van der Waals surface area contributed by atoms with Crippen molar-refractivity contribution in [1.82, 2.24) is 10.6 Å². The van der Waals surface area contributed by atoms with Crippen molar-refractivity contribution in [3.8, 4) is 0 Å². The van der Waals surface area contributed by atoms with E-state index in [1.807, 2.05) is 14.1 Å². The first-order chi connectivity index (χ1) is 14.5. The number of nitrogens with one attached hydrogen (secondary N) is 3. The number of anilines is 1. The number of quaternary nitrogens is 1. The van der Waals surface area contributed by atoms with E-state index in [-0.39, 0.29) is 12.1 Å². The minimum atomic E-state index is -0.534. The fraction of sp³-hybridized carbons (Fsp3) is 0.417. The molecular weight excluding hydrogens is 376 g/mol. The van der Waals surface area contributed by atoms with E-state index in [2.05, 4.69) is 64.1 Å². The molecular formula is C24H31N4O2+. The first-order valence-corrected chi connectivity index (χ1v) is 10.8. The minimum Gasteiger partial charge on any atom is -0.378 e. The monoisotopic (exact) mass is 407 g/mol. The summed E-state index contributed by atoms with van der Waals surface area (Å²) < 4.78 is 0. The second-order valence-electron chi connectivity index (χ2n) is 8.60. The Balaban J connectivity index is 1.50. The van der Waals surface area contributed by atoms with Gasteiger partial charge in [-0.05, 0) is 30.5 Å². The highest BCUT2D eigenvalue weighted by atomic mass is 16.2. The minimum absolute atomic E-state index is 0.0900. The molecule has 0 spiro atoms. The molecule has 6 nitrogen and oxygen atoms in total. The molecule has 1 saturated carbocycles. The Morgan fingerprint density at radius 3 is 2.40 bits per heavy atom. The predicted octanol–water partition coefficient (Wildman–Crippen LogP) is 0.830. The van der Waals surface area contributed by atoms with Crippen molar-refractivity contribution in [1.29, 1.82) is 0 Å². The van der Waals surface area contributed by atoms with E-state index in [0.717, 1.165) is 38.0 Å². The lowest BCUT2D eigenvalue weighted by Crippen LogP contribution is -3.12. The molecule has 0 saturated heterocycles. The summed E-state index contributed by atoms with van der Waals surface area (Å²) in [5.74, 6) is -1.05. The molecule has 0 bridgehead atoms. The number of carbonyl (C=O) groups is 2. The standard InChI is InChI=1S/C24H30N4O2/c1-27(2)21-11-7-18(8-12-21)22(15-25-23(29)24(30)26-20-9-10-20)28-14-13-17-5-3-4-6-19(17)16-28/h3-8,11-12,20,22H,9-10,13-16H2,1-2H3,(H,25,29)(H,26,30)/p+1/t22-/m0/s1. The van der Waals surface area contributed by atoms with Crippen LogP contribution in [0.2, 0.25) is 0 Å². The Hall–Kier alpha value is -2.86. The van der Waals surface area contributed by atoms with Gasteiger partial charge in [-0.15, -0.1) is 0 Å². The van der Waals surface area contributed by atoms with Crippen LogP contribution in [0.5, 0.6) is 0 Å². The first-order valence-electron chi connectivity index (χ1n) is 10.8. The Bertz CT molecular complexity index is 906. The predicted molar refractivity (Wildman–Crippen MR) is 117 cm³/mol. The molecule has 1 heterocycles. The molecule has 2 atom stereocenters. The maximum absolute atomic E-state index is 12.3. The van der Waals surface area contributed by atoms with Crippen LogP contribution in [0.15, 0.2) is 48.5 Å². The van der Waals surface area contributed by atoms with Crippen LogP contribution in [-0.4, -0.2) is 45.0 Å². The zero-order valence-electron chi connectivity index (χ0n) is 17.8. The number of fused-ring (bicyclic) bond motifs is 1. The number of hydrogen-bond donors (Lipinski definition) is 3. The van der Waals surface area contributed by atoms with Gasteiger partial charge in [-0.3, -0.25) is 9.59 Å². The molecule has 0 radical (unpaired) electrons. The van der Waals surface area contributed by atoms with Crippen molar-refractivity contribution in [2.75, 3.05) is 32.1 Å². The largest absolute Gasteiger partial charge is 0.378 e. The molecule has 1 aliphatic carbocycles. The molecule has 30 heavy (non-hydrogen) atoms. The molecule has 2 aliphatic rings. The van der Waals surface area contributed by atoms with Crippen molar-refractivity contribution in [3.05, 3.63) is 65.2 Å². The molecule has 1 unspecified atom stereocenters. The Morgan fingerprint density at radius 2 is 1.73 bits per heavy atom. The van der Waals surface area contributed by atoms with Gasteiger partial charge in [0, 0.05) is 43.4 Å². The maximum Gasteiger partial charge on any atom is 0.309 e. The topological polar surface area (TPSA) is 65.9 Å². The fourth-order valence-corrected chi connectivity index (χ4v) is 4.16. The van der Waals surface area contributed by atoms with Gasteiger partial charge in [0.25, 0.3) is 0 Å². The lowest BCUT2D eigenvalue weighted by Gasteiger charge is -2.33. The highest BCUT2D eigenvalue weighted by molar-refractivity contribution is 6.35. The van der Waals surface area contributed by atoms with Crippen LogP contribution >= 0.6 is 0 Å².